The Hall–Kier alpha value is -0.830. The molecule has 0 aromatic carbocycles. The van der Waals surface area contributed by atoms with Gasteiger partial charge >= 0.3 is 0 Å². The van der Waals surface area contributed by atoms with E-state index in [0.717, 1.165) is 0 Å². The van der Waals surface area contributed by atoms with E-state index in [-0.39, 0.29) is 22.4 Å². The third-order valence-corrected chi connectivity index (χ3v) is 0.439. The number of rotatable bonds is 1. The van der Waals surface area contributed by atoms with Crippen LogP contribution in [0.3, 0.4) is 0 Å². The number of nitrogens with zero attached hydrogens (tertiary/aromatic N) is 2. The molecule has 3 N–H and O–H groups in total. The predicted molar refractivity (Wildman–Crippen MR) is 24.0 cm³/mol. The van der Waals surface area contributed by atoms with Gasteiger partial charge in [-0.15, -0.1) is 0 Å². The fraction of sp³-hybridized carbons (Fsp3) is 0. The molecule has 0 rings (SSSR count). The minimum Gasteiger partial charge on any atom is -0.410 e. The smallest absolute Gasteiger partial charge is 0.281 e. The Morgan fingerprint density at radius 1 is 1.78 bits per heavy atom. The van der Waals surface area contributed by atoms with E-state index >= 15 is 0 Å². The van der Waals surface area contributed by atoms with Crippen molar-refractivity contribution < 1.29 is 32.4 Å². The van der Waals surface area contributed by atoms with Gasteiger partial charge in [-0.05, 0) is 0 Å². The molecular formula is C3H3AgN3O2. The second kappa shape index (κ2) is 5.31. The standard InChI is InChI=1S/C3H3N3O2.Ag/c4-1-2(6-8)3(5)7;/h8H,(H2,5,7);/b6-2+;. The Labute approximate surface area is 66.6 Å². The zero-order valence-corrected chi connectivity index (χ0v) is 5.61. The summed E-state index contributed by atoms with van der Waals surface area (Å²) in [5, 5.41) is 17.9. The maximum Gasteiger partial charge on any atom is 0.281 e. The number of amides is 1. The number of hydrogen-bond donors (Lipinski definition) is 2. The summed E-state index contributed by atoms with van der Waals surface area (Å²) in [6, 6.07) is 1.28. The van der Waals surface area contributed by atoms with Gasteiger partial charge in [0.1, 0.15) is 6.07 Å². The fourth-order valence-electron chi connectivity index (χ4n) is 0.127. The number of nitriles is 1. The van der Waals surface area contributed by atoms with Crippen LogP contribution in [0.15, 0.2) is 5.16 Å². The van der Waals surface area contributed by atoms with Gasteiger partial charge in [-0.2, -0.15) is 5.26 Å². The molecule has 0 saturated heterocycles. The Balaban J connectivity index is 0. The second-order valence-electron chi connectivity index (χ2n) is 0.925. The maximum atomic E-state index is 9.87. The molecule has 0 aliphatic carbocycles. The summed E-state index contributed by atoms with van der Waals surface area (Å²) in [6.07, 6.45) is 0. The monoisotopic (exact) mass is 220 g/mol. The van der Waals surface area contributed by atoms with Gasteiger partial charge in [0.15, 0.2) is 0 Å². The van der Waals surface area contributed by atoms with Crippen molar-refractivity contribution in [3.05, 3.63) is 0 Å². The number of oxime groups is 1. The maximum absolute atomic E-state index is 9.87. The van der Waals surface area contributed by atoms with Gasteiger partial charge in [0.2, 0.25) is 5.71 Å². The van der Waals surface area contributed by atoms with E-state index in [4.69, 9.17) is 10.5 Å². The molecule has 0 atom stereocenters. The van der Waals surface area contributed by atoms with Crippen LogP contribution in [-0.2, 0) is 27.2 Å². The number of hydrogen-bond acceptors (Lipinski definition) is 4. The first-order valence-corrected chi connectivity index (χ1v) is 1.64. The van der Waals surface area contributed by atoms with Crippen LogP contribution < -0.4 is 5.73 Å². The van der Waals surface area contributed by atoms with Gasteiger partial charge in [-0.1, -0.05) is 5.16 Å². The van der Waals surface area contributed by atoms with Crippen LogP contribution in [0.25, 0.3) is 0 Å². The summed E-state index contributed by atoms with van der Waals surface area (Å²) in [5.41, 5.74) is 3.82. The van der Waals surface area contributed by atoms with Crippen molar-refractivity contribution in [2.24, 2.45) is 10.9 Å². The molecule has 0 aliphatic heterocycles. The van der Waals surface area contributed by atoms with Crippen LogP contribution >= 0.6 is 0 Å². The predicted octanol–water partition coefficient (Wildman–Crippen LogP) is -1.18. The molecule has 0 unspecified atom stereocenters. The van der Waals surface area contributed by atoms with Crippen LogP contribution in [-0.4, -0.2) is 16.8 Å². The third-order valence-electron chi connectivity index (χ3n) is 0.439. The van der Waals surface area contributed by atoms with Gasteiger partial charge in [0.25, 0.3) is 5.91 Å². The molecular weight excluding hydrogens is 218 g/mol. The number of nitrogens with two attached hydrogens (primary N) is 1. The summed E-state index contributed by atoms with van der Waals surface area (Å²) >= 11 is 0. The van der Waals surface area contributed by atoms with Gasteiger partial charge in [-0.3, -0.25) is 4.79 Å². The minimum atomic E-state index is -1.03. The molecule has 0 fully saturated rings. The molecule has 5 nitrogen and oxygen atoms in total. The van der Waals surface area contributed by atoms with Crippen molar-refractivity contribution in [2.45, 2.75) is 0 Å². The molecule has 0 heterocycles. The summed E-state index contributed by atoms with van der Waals surface area (Å²) in [6.45, 7) is 0. The number of carbonyl (C=O) groups excluding carboxylic acids is 1. The van der Waals surface area contributed by atoms with Crippen molar-refractivity contribution in [2.75, 3.05) is 0 Å². The summed E-state index contributed by atoms with van der Waals surface area (Å²) in [5.74, 6) is -1.03. The van der Waals surface area contributed by atoms with E-state index < -0.39 is 11.6 Å². The molecule has 0 aromatic heterocycles. The van der Waals surface area contributed by atoms with E-state index in [1.165, 1.54) is 6.07 Å². The molecule has 0 aliphatic rings. The molecule has 9 heavy (non-hydrogen) atoms. The SMILES string of the molecule is N#C/C(=N\O)C(N)=O.[Ag]. The average Bonchev–Trinajstić information content (AvgIpc) is 1.69. The zero-order chi connectivity index (χ0) is 6.57. The second-order valence-corrected chi connectivity index (χ2v) is 0.925. The van der Waals surface area contributed by atoms with Crippen LogP contribution in [0.5, 0.6) is 0 Å². The largest absolute Gasteiger partial charge is 0.410 e. The topological polar surface area (TPSA) is 99.5 Å². The molecule has 0 bridgehead atoms. The first kappa shape index (κ1) is 11.0. The van der Waals surface area contributed by atoms with Crippen LogP contribution in [0.2, 0.25) is 0 Å². The fourth-order valence-corrected chi connectivity index (χ4v) is 0.127. The van der Waals surface area contributed by atoms with Crippen molar-refractivity contribution >= 4 is 11.6 Å². The van der Waals surface area contributed by atoms with Gasteiger partial charge in [0.05, 0.1) is 0 Å². The van der Waals surface area contributed by atoms with E-state index in [1.807, 2.05) is 0 Å². The third kappa shape index (κ3) is 3.73. The average molecular weight is 221 g/mol. The van der Waals surface area contributed by atoms with E-state index in [0.29, 0.717) is 0 Å². The molecule has 0 saturated carbocycles. The normalized spacial score (nSPS) is 9.00. The minimum absolute atomic E-state index is 0. The Bertz CT molecular complexity index is 170. The number of primary amides is 1. The number of carbonyl (C=O) groups is 1. The van der Waals surface area contributed by atoms with Gasteiger partial charge in [0, 0.05) is 22.4 Å². The van der Waals surface area contributed by atoms with Crippen LogP contribution in [0.1, 0.15) is 0 Å². The molecule has 1 amide bonds. The Kier molecular flexibility index (Phi) is 6.51. The molecule has 0 spiro atoms. The van der Waals surface area contributed by atoms with E-state index in [1.54, 1.807) is 0 Å². The molecule has 53 valence electrons. The van der Waals surface area contributed by atoms with Crippen LogP contribution in [0, 0.1) is 11.3 Å². The van der Waals surface area contributed by atoms with E-state index in [9.17, 15) is 4.79 Å². The first-order valence-electron chi connectivity index (χ1n) is 1.64. The Morgan fingerprint density at radius 2 is 2.22 bits per heavy atom. The first-order chi connectivity index (χ1) is 3.72. The quantitative estimate of drug-likeness (QED) is 0.252. The van der Waals surface area contributed by atoms with Crippen LogP contribution in [0.4, 0.5) is 0 Å². The Morgan fingerprint density at radius 3 is 2.22 bits per heavy atom. The van der Waals surface area contributed by atoms with E-state index in [2.05, 4.69) is 10.9 Å². The van der Waals surface area contributed by atoms with Gasteiger partial charge in [-0.25, -0.2) is 0 Å². The van der Waals surface area contributed by atoms with Crippen molar-refractivity contribution in [1.29, 1.82) is 5.26 Å². The zero-order valence-electron chi connectivity index (χ0n) is 4.13. The van der Waals surface area contributed by atoms with Crippen molar-refractivity contribution in [3.63, 3.8) is 0 Å². The van der Waals surface area contributed by atoms with Crippen molar-refractivity contribution in [1.82, 2.24) is 0 Å². The summed E-state index contributed by atoms with van der Waals surface area (Å²) in [7, 11) is 0. The van der Waals surface area contributed by atoms with Gasteiger partial charge < -0.3 is 10.9 Å². The molecule has 0 aromatic rings. The summed E-state index contributed by atoms with van der Waals surface area (Å²) < 4.78 is 0. The van der Waals surface area contributed by atoms with Crippen molar-refractivity contribution in [3.8, 4) is 6.07 Å². The molecule has 6 heteroatoms. The summed E-state index contributed by atoms with van der Waals surface area (Å²) in [4.78, 5) is 9.87. The molecule has 1 radical (unpaired) electrons.